The van der Waals surface area contributed by atoms with Gasteiger partial charge in [-0.3, -0.25) is 4.79 Å². The molecule has 5 atom stereocenters. The van der Waals surface area contributed by atoms with Crippen LogP contribution in [0.5, 0.6) is 0 Å². The third-order valence-electron chi connectivity index (χ3n) is 4.46. The Morgan fingerprint density at radius 3 is 2.50 bits per heavy atom. The van der Waals surface area contributed by atoms with Crippen LogP contribution in [0.1, 0.15) is 64.7 Å². The molecule has 4 N–H and O–H groups in total. The Balaban J connectivity index is 2.19. The molecule has 24 heavy (non-hydrogen) atoms. The summed E-state index contributed by atoms with van der Waals surface area (Å²) in [6.07, 6.45) is 6.93. The molecule has 1 aliphatic rings. The molecule has 0 aromatic carbocycles. The van der Waals surface area contributed by atoms with Crippen molar-refractivity contribution in [2.75, 3.05) is 0 Å². The van der Waals surface area contributed by atoms with Crippen molar-refractivity contribution in [3.8, 4) is 0 Å². The number of unbranched alkanes of at least 4 members (excludes halogenated alkanes) is 4. The van der Waals surface area contributed by atoms with Gasteiger partial charge in [0.25, 0.3) is 0 Å². The number of hydrogen-bond donors (Lipinski definition) is 4. The molecule has 0 amide bonds. The van der Waals surface area contributed by atoms with Crippen molar-refractivity contribution in [1.82, 2.24) is 0 Å². The van der Waals surface area contributed by atoms with E-state index in [2.05, 4.69) is 0 Å². The number of carboxylic acids is 1. The molecule has 0 spiro atoms. The van der Waals surface area contributed by atoms with Crippen LogP contribution in [0, 0.1) is 0 Å². The van der Waals surface area contributed by atoms with E-state index in [4.69, 9.17) is 9.84 Å². The van der Waals surface area contributed by atoms with Crippen molar-refractivity contribution in [2.45, 2.75) is 95.2 Å². The first kappa shape index (κ1) is 21.1. The zero-order valence-corrected chi connectivity index (χ0v) is 14.5. The van der Waals surface area contributed by atoms with Gasteiger partial charge in [0, 0.05) is 12.8 Å². The highest BCUT2D eigenvalue weighted by molar-refractivity contribution is 5.66. The zero-order valence-electron chi connectivity index (χ0n) is 14.5. The van der Waals surface area contributed by atoms with Crippen molar-refractivity contribution in [3.05, 3.63) is 12.2 Å². The van der Waals surface area contributed by atoms with Crippen LogP contribution in [0.2, 0.25) is 0 Å². The van der Waals surface area contributed by atoms with Crippen molar-refractivity contribution in [2.24, 2.45) is 0 Å². The predicted molar refractivity (Wildman–Crippen MR) is 90.7 cm³/mol. The molecule has 1 rings (SSSR count). The fourth-order valence-corrected chi connectivity index (χ4v) is 2.90. The topological polar surface area (TPSA) is 107 Å². The molecule has 0 bridgehead atoms. The normalized spacial score (nSPS) is 26.8. The van der Waals surface area contributed by atoms with E-state index in [0.717, 1.165) is 32.1 Å². The van der Waals surface area contributed by atoms with Crippen molar-refractivity contribution in [3.63, 3.8) is 0 Å². The summed E-state index contributed by atoms with van der Waals surface area (Å²) in [6, 6.07) is 0. The third kappa shape index (κ3) is 8.24. The van der Waals surface area contributed by atoms with Gasteiger partial charge in [-0.2, -0.15) is 0 Å². The van der Waals surface area contributed by atoms with Gasteiger partial charge in [-0.05, 0) is 19.3 Å². The lowest BCUT2D eigenvalue weighted by atomic mass is 10.0. The highest BCUT2D eigenvalue weighted by Gasteiger charge is 2.36. The van der Waals surface area contributed by atoms with Gasteiger partial charge in [-0.1, -0.05) is 44.8 Å². The van der Waals surface area contributed by atoms with Crippen LogP contribution in [0.15, 0.2) is 12.2 Å². The smallest absolute Gasteiger partial charge is 0.303 e. The standard InChI is InChI=1S/C18H32O6/c1-2-13(19)10-11-14(20)17-12-15(21)16(24-17)8-6-4-3-5-7-9-18(22)23/h10-11,13-17,19-21H,2-9,12H2,1H3,(H,22,23)/b11-10+/t13-,14+,15+,16-,17-/m0/s1. The molecule has 0 aliphatic carbocycles. The average Bonchev–Trinajstić information content (AvgIpc) is 2.92. The van der Waals surface area contributed by atoms with Gasteiger partial charge >= 0.3 is 5.97 Å². The van der Waals surface area contributed by atoms with Crippen LogP contribution in [-0.2, 0) is 9.53 Å². The van der Waals surface area contributed by atoms with Crippen LogP contribution in [0.3, 0.4) is 0 Å². The van der Waals surface area contributed by atoms with E-state index in [0.29, 0.717) is 19.3 Å². The van der Waals surface area contributed by atoms with Crippen molar-refractivity contribution >= 4 is 5.97 Å². The first-order valence-electron chi connectivity index (χ1n) is 9.03. The number of aliphatic hydroxyl groups excluding tert-OH is 3. The maximum atomic E-state index is 10.4. The van der Waals surface area contributed by atoms with E-state index in [9.17, 15) is 20.1 Å². The maximum Gasteiger partial charge on any atom is 0.303 e. The van der Waals surface area contributed by atoms with Crippen LogP contribution in [0.25, 0.3) is 0 Å². The molecule has 0 unspecified atom stereocenters. The lowest BCUT2D eigenvalue weighted by Gasteiger charge is -2.17. The first-order chi connectivity index (χ1) is 11.4. The number of aliphatic hydroxyl groups is 3. The molecular weight excluding hydrogens is 312 g/mol. The summed E-state index contributed by atoms with van der Waals surface area (Å²) in [7, 11) is 0. The quantitative estimate of drug-likeness (QED) is 0.319. The van der Waals surface area contributed by atoms with Crippen LogP contribution in [-0.4, -0.2) is 56.9 Å². The Hall–Kier alpha value is -0.950. The molecule has 1 saturated heterocycles. The molecule has 1 fully saturated rings. The maximum absolute atomic E-state index is 10.4. The van der Waals surface area contributed by atoms with Gasteiger partial charge in [0.2, 0.25) is 0 Å². The molecule has 0 aromatic heterocycles. The number of carbonyl (C=O) groups is 1. The summed E-state index contributed by atoms with van der Waals surface area (Å²) in [5.41, 5.74) is 0. The predicted octanol–water partition coefficient (Wildman–Crippen LogP) is 2.01. The Kier molecular flexibility index (Phi) is 10.2. The van der Waals surface area contributed by atoms with Crippen LogP contribution in [0.4, 0.5) is 0 Å². The van der Waals surface area contributed by atoms with Gasteiger partial charge in [-0.15, -0.1) is 0 Å². The number of carboxylic acid groups (broad SMARTS) is 1. The molecule has 6 nitrogen and oxygen atoms in total. The molecule has 1 aliphatic heterocycles. The monoisotopic (exact) mass is 344 g/mol. The lowest BCUT2D eigenvalue weighted by Crippen LogP contribution is -2.25. The van der Waals surface area contributed by atoms with Crippen molar-refractivity contribution < 1.29 is 30.0 Å². The second-order valence-electron chi connectivity index (χ2n) is 6.57. The zero-order chi connectivity index (χ0) is 17.9. The largest absolute Gasteiger partial charge is 0.481 e. The average molecular weight is 344 g/mol. The highest BCUT2D eigenvalue weighted by Crippen LogP contribution is 2.27. The van der Waals surface area contributed by atoms with E-state index in [1.807, 2.05) is 6.92 Å². The summed E-state index contributed by atoms with van der Waals surface area (Å²) < 4.78 is 5.75. The fraction of sp³-hybridized carbons (Fsp3) is 0.833. The van der Waals surface area contributed by atoms with E-state index in [-0.39, 0.29) is 12.5 Å². The summed E-state index contributed by atoms with van der Waals surface area (Å²) in [5.74, 6) is -0.748. The second-order valence-corrected chi connectivity index (χ2v) is 6.57. The van der Waals surface area contributed by atoms with Crippen LogP contribution < -0.4 is 0 Å². The lowest BCUT2D eigenvalue weighted by molar-refractivity contribution is -0.137. The molecular formula is C18H32O6. The summed E-state index contributed by atoms with van der Waals surface area (Å²) in [5, 5.41) is 38.1. The number of aliphatic carboxylic acids is 1. The minimum absolute atomic E-state index is 0.226. The Labute approximate surface area is 144 Å². The highest BCUT2D eigenvalue weighted by atomic mass is 16.5. The summed E-state index contributed by atoms with van der Waals surface area (Å²) in [4.78, 5) is 10.4. The molecule has 0 radical (unpaired) electrons. The van der Waals surface area contributed by atoms with E-state index < -0.39 is 30.4 Å². The number of hydrogen-bond acceptors (Lipinski definition) is 5. The second kappa shape index (κ2) is 11.6. The third-order valence-corrected chi connectivity index (χ3v) is 4.46. The van der Waals surface area contributed by atoms with E-state index in [1.165, 1.54) is 6.08 Å². The SMILES string of the molecule is CC[C@H](O)/C=C/[C@@H](O)[C@@H]1C[C@@H](O)[C@H](CCCCCCCC(=O)O)O1. The van der Waals surface area contributed by atoms with E-state index in [1.54, 1.807) is 6.08 Å². The minimum atomic E-state index is -0.818. The van der Waals surface area contributed by atoms with Gasteiger partial charge in [0.05, 0.1) is 30.5 Å². The van der Waals surface area contributed by atoms with E-state index >= 15 is 0 Å². The van der Waals surface area contributed by atoms with Crippen molar-refractivity contribution in [1.29, 1.82) is 0 Å². The molecule has 0 saturated carbocycles. The molecule has 1 heterocycles. The van der Waals surface area contributed by atoms with Gasteiger partial charge in [0.15, 0.2) is 0 Å². The summed E-state index contributed by atoms with van der Waals surface area (Å²) >= 11 is 0. The number of ether oxygens (including phenoxy) is 1. The van der Waals surface area contributed by atoms with Gasteiger partial charge in [-0.25, -0.2) is 0 Å². The van der Waals surface area contributed by atoms with Crippen LogP contribution >= 0.6 is 0 Å². The Morgan fingerprint density at radius 1 is 1.17 bits per heavy atom. The van der Waals surface area contributed by atoms with Gasteiger partial charge < -0.3 is 25.2 Å². The number of rotatable bonds is 12. The molecule has 140 valence electrons. The Bertz CT molecular complexity index is 384. The summed E-state index contributed by atoms with van der Waals surface area (Å²) in [6.45, 7) is 1.86. The minimum Gasteiger partial charge on any atom is -0.481 e. The molecule has 0 aromatic rings. The fourth-order valence-electron chi connectivity index (χ4n) is 2.90. The van der Waals surface area contributed by atoms with Gasteiger partial charge in [0.1, 0.15) is 0 Å². The Morgan fingerprint density at radius 2 is 1.83 bits per heavy atom. The first-order valence-corrected chi connectivity index (χ1v) is 9.03. The molecule has 6 heteroatoms.